The molecule has 0 spiro atoms. The monoisotopic (exact) mass is 311 g/mol. The van der Waals surface area contributed by atoms with Crippen LogP contribution >= 0.6 is 0 Å². The molecule has 1 aromatic carbocycles. The average molecular weight is 311 g/mol. The lowest BCUT2D eigenvalue weighted by Gasteiger charge is -2.16. The van der Waals surface area contributed by atoms with Gasteiger partial charge in [-0.1, -0.05) is 0 Å². The summed E-state index contributed by atoms with van der Waals surface area (Å²) in [4.78, 5) is 11.1. The predicted octanol–water partition coefficient (Wildman–Crippen LogP) is 1.07. The number of hydrogen-bond acceptors (Lipinski definition) is 4. The van der Waals surface area contributed by atoms with Gasteiger partial charge in [-0.25, -0.2) is 8.42 Å². The third-order valence-corrected chi connectivity index (χ3v) is 4.63. The molecule has 1 atom stereocenters. The number of rotatable bonds is 6. The van der Waals surface area contributed by atoms with Crippen molar-refractivity contribution in [1.29, 1.82) is 0 Å². The molecule has 2 N–H and O–H groups in total. The van der Waals surface area contributed by atoms with Gasteiger partial charge >= 0.3 is 5.97 Å². The number of methoxy groups -OCH3 is 1. The number of carboxylic acid groups (broad SMARTS) is 1. The zero-order valence-corrected chi connectivity index (χ0v) is 12.8. The fourth-order valence-corrected chi connectivity index (χ4v) is 3.64. The topological polar surface area (TPSA) is 92.7 Å². The summed E-state index contributed by atoms with van der Waals surface area (Å²) in [7, 11) is -2.51. The van der Waals surface area contributed by atoms with Crippen LogP contribution in [0.5, 0.6) is 5.75 Å². The van der Waals surface area contributed by atoms with Crippen molar-refractivity contribution in [2.24, 2.45) is 0 Å². The first kappa shape index (κ1) is 17.0. The number of nitrogens with one attached hydrogen (secondary N) is 1. The van der Waals surface area contributed by atoms with Crippen molar-refractivity contribution in [1.82, 2.24) is 4.72 Å². The summed E-state index contributed by atoms with van der Waals surface area (Å²) in [6.07, 6.45) is 4.82. The van der Waals surface area contributed by atoms with Crippen LogP contribution in [0.15, 0.2) is 17.0 Å². The number of carboxylic acids is 1. The van der Waals surface area contributed by atoms with E-state index in [1.54, 1.807) is 26.0 Å². The van der Waals surface area contributed by atoms with Crippen LogP contribution in [0.4, 0.5) is 0 Å². The summed E-state index contributed by atoms with van der Waals surface area (Å²) >= 11 is 0. The maximum Gasteiger partial charge on any atom is 0.322 e. The second kappa shape index (κ2) is 6.61. The number of aryl methyl sites for hydroxylation is 2. The second-order valence-electron chi connectivity index (χ2n) is 4.51. The number of hydrogen-bond donors (Lipinski definition) is 2. The Morgan fingerprint density at radius 3 is 2.33 bits per heavy atom. The van der Waals surface area contributed by atoms with E-state index in [-0.39, 0.29) is 11.3 Å². The molecule has 0 saturated heterocycles. The minimum atomic E-state index is -3.99. The Kier molecular flexibility index (Phi) is 5.35. The first-order valence-electron chi connectivity index (χ1n) is 6.06. The number of terminal acetylenes is 1. The van der Waals surface area contributed by atoms with Gasteiger partial charge in [-0.2, -0.15) is 4.72 Å². The zero-order chi connectivity index (χ0) is 16.2. The van der Waals surface area contributed by atoms with Crippen LogP contribution in [0, 0.1) is 26.2 Å². The summed E-state index contributed by atoms with van der Waals surface area (Å²) in [6, 6.07) is 1.78. The summed E-state index contributed by atoms with van der Waals surface area (Å²) in [5, 5.41) is 8.99. The van der Waals surface area contributed by atoms with Crippen LogP contribution in [0.2, 0.25) is 0 Å². The molecule has 1 unspecified atom stereocenters. The second-order valence-corrected chi connectivity index (χ2v) is 6.16. The fraction of sp³-hybridized carbons (Fsp3) is 0.357. The van der Waals surface area contributed by atoms with Crippen LogP contribution in [0.25, 0.3) is 0 Å². The van der Waals surface area contributed by atoms with Crippen LogP contribution in [-0.2, 0) is 14.8 Å². The number of benzene rings is 1. The Bertz CT molecular complexity index is 665. The van der Waals surface area contributed by atoms with Crippen LogP contribution in [-0.4, -0.2) is 32.6 Å². The number of carbonyl (C=O) groups is 1. The van der Waals surface area contributed by atoms with Crippen molar-refractivity contribution in [2.75, 3.05) is 7.11 Å². The lowest BCUT2D eigenvalue weighted by atomic mass is 10.1. The number of aliphatic carboxylic acids is 1. The predicted molar refractivity (Wildman–Crippen MR) is 77.7 cm³/mol. The van der Waals surface area contributed by atoms with Crippen molar-refractivity contribution in [3.05, 3.63) is 23.3 Å². The SMILES string of the molecule is C#CCC(NS(=O)(=O)c1c(C)cc(OC)cc1C)C(=O)O. The van der Waals surface area contributed by atoms with Crippen molar-refractivity contribution in [2.45, 2.75) is 31.2 Å². The van der Waals surface area contributed by atoms with E-state index < -0.39 is 22.0 Å². The van der Waals surface area contributed by atoms with Gasteiger partial charge in [0.15, 0.2) is 0 Å². The molecule has 21 heavy (non-hydrogen) atoms. The van der Waals surface area contributed by atoms with Gasteiger partial charge in [0.25, 0.3) is 0 Å². The highest BCUT2D eigenvalue weighted by Gasteiger charge is 2.27. The quantitative estimate of drug-likeness (QED) is 0.767. The molecule has 0 amide bonds. The van der Waals surface area contributed by atoms with E-state index in [1.807, 2.05) is 0 Å². The maximum absolute atomic E-state index is 12.4. The van der Waals surface area contributed by atoms with E-state index >= 15 is 0 Å². The Labute approximate surface area is 124 Å². The van der Waals surface area contributed by atoms with Gasteiger partial charge in [0.1, 0.15) is 11.8 Å². The third-order valence-electron chi connectivity index (χ3n) is 2.86. The summed E-state index contributed by atoms with van der Waals surface area (Å²) < 4.78 is 31.9. The van der Waals surface area contributed by atoms with Crippen LogP contribution in [0.1, 0.15) is 17.5 Å². The number of sulfonamides is 1. The van der Waals surface area contributed by atoms with Gasteiger partial charge in [-0.3, -0.25) is 4.79 Å². The van der Waals surface area contributed by atoms with Gasteiger partial charge in [0.2, 0.25) is 10.0 Å². The van der Waals surface area contributed by atoms with E-state index in [9.17, 15) is 13.2 Å². The molecule has 0 saturated carbocycles. The molecule has 6 nitrogen and oxygen atoms in total. The highest BCUT2D eigenvalue weighted by molar-refractivity contribution is 7.89. The molecule has 0 radical (unpaired) electrons. The summed E-state index contributed by atoms with van der Waals surface area (Å²) in [5.74, 6) is 1.35. The molecule has 7 heteroatoms. The normalized spacial score (nSPS) is 12.5. The molecule has 0 heterocycles. The van der Waals surface area contributed by atoms with E-state index in [1.165, 1.54) is 7.11 Å². The molecular weight excluding hydrogens is 294 g/mol. The maximum atomic E-state index is 12.4. The zero-order valence-electron chi connectivity index (χ0n) is 12.0. The molecule has 0 aliphatic rings. The summed E-state index contributed by atoms with van der Waals surface area (Å²) in [6.45, 7) is 3.22. The molecule has 0 fully saturated rings. The van der Waals surface area contributed by atoms with Gasteiger partial charge in [-0.15, -0.1) is 12.3 Å². The third kappa shape index (κ3) is 3.97. The highest BCUT2D eigenvalue weighted by Crippen LogP contribution is 2.25. The van der Waals surface area contributed by atoms with E-state index in [0.29, 0.717) is 16.9 Å². The smallest absolute Gasteiger partial charge is 0.322 e. The van der Waals surface area contributed by atoms with E-state index in [4.69, 9.17) is 16.3 Å². The van der Waals surface area contributed by atoms with E-state index in [0.717, 1.165) is 0 Å². The van der Waals surface area contributed by atoms with Gasteiger partial charge in [0.05, 0.1) is 12.0 Å². The highest BCUT2D eigenvalue weighted by atomic mass is 32.2. The molecule has 1 rings (SSSR count). The molecule has 0 aliphatic carbocycles. The Hall–Kier alpha value is -2.04. The molecule has 114 valence electrons. The first-order valence-corrected chi connectivity index (χ1v) is 7.55. The van der Waals surface area contributed by atoms with Crippen molar-refractivity contribution < 1.29 is 23.1 Å². The van der Waals surface area contributed by atoms with Crippen LogP contribution < -0.4 is 9.46 Å². The lowest BCUT2D eigenvalue weighted by Crippen LogP contribution is -2.40. The fourth-order valence-electron chi connectivity index (χ4n) is 2.00. The Balaban J connectivity index is 3.26. The molecule has 0 aliphatic heterocycles. The van der Waals surface area contributed by atoms with Gasteiger partial charge < -0.3 is 9.84 Å². The largest absolute Gasteiger partial charge is 0.497 e. The lowest BCUT2D eigenvalue weighted by molar-refractivity contribution is -0.138. The minimum absolute atomic E-state index is 0.0339. The molecular formula is C14H17NO5S. The van der Waals surface area contributed by atoms with Gasteiger partial charge in [0, 0.05) is 6.42 Å². The van der Waals surface area contributed by atoms with Crippen molar-refractivity contribution in [3.63, 3.8) is 0 Å². The Morgan fingerprint density at radius 2 is 1.95 bits per heavy atom. The van der Waals surface area contributed by atoms with Crippen molar-refractivity contribution >= 4 is 16.0 Å². The Morgan fingerprint density at radius 1 is 1.43 bits per heavy atom. The molecule has 1 aromatic rings. The minimum Gasteiger partial charge on any atom is -0.497 e. The average Bonchev–Trinajstić information content (AvgIpc) is 2.36. The standard InChI is InChI=1S/C14H17NO5S/c1-5-6-12(14(16)17)15-21(18,19)13-9(2)7-11(20-4)8-10(13)3/h1,7-8,12,15H,6H2,2-4H3,(H,16,17). The van der Waals surface area contributed by atoms with Crippen molar-refractivity contribution in [3.8, 4) is 18.1 Å². The summed E-state index contributed by atoms with van der Waals surface area (Å²) in [5.41, 5.74) is 0.924. The molecule has 0 aromatic heterocycles. The molecule has 0 bridgehead atoms. The number of ether oxygens (including phenoxy) is 1. The van der Waals surface area contributed by atoms with E-state index in [2.05, 4.69) is 10.6 Å². The first-order chi connectivity index (χ1) is 9.72. The van der Waals surface area contributed by atoms with Gasteiger partial charge in [-0.05, 0) is 37.1 Å². The van der Waals surface area contributed by atoms with Crippen LogP contribution in [0.3, 0.4) is 0 Å².